The number of hydrogen-bond donors (Lipinski definition) is 4. The Balaban J connectivity index is 1.15. The fourth-order valence-electron chi connectivity index (χ4n) is 11.1. The van der Waals surface area contributed by atoms with Gasteiger partial charge in [0.15, 0.2) is 17.7 Å². The Labute approximate surface area is 553 Å². The molecule has 28 nitrogen and oxygen atoms in total. The fourth-order valence-corrected chi connectivity index (χ4v) is 11.9. The maximum atomic E-state index is 17.8. The summed E-state index contributed by atoms with van der Waals surface area (Å²) in [4.78, 5) is 108. The van der Waals surface area contributed by atoms with E-state index in [2.05, 4.69) is 34.7 Å². The molecule has 2 aromatic carbocycles. The lowest BCUT2D eigenvalue weighted by atomic mass is 9.88. The summed E-state index contributed by atoms with van der Waals surface area (Å²) < 4.78 is 58.9. The number of nitrogens with one attached hydrogen (secondary N) is 4. The summed E-state index contributed by atoms with van der Waals surface area (Å²) >= 11 is 1.58. The Morgan fingerprint density at radius 1 is 0.819 bits per heavy atom. The third-order valence-corrected chi connectivity index (χ3v) is 17.1. The van der Waals surface area contributed by atoms with E-state index >= 15 is 8.63 Å². The maximum absolute atomic E-state index is 17.8. The molecule has 0 radical (unpaired) electrons. The van der Waals surface area contributed by atoms with Crippen molar-refractivity contribution < 1.29 is 109 Å². The van der Waals surface area contributed by atoms with Crippen molar-refractivity contribution in [2.24, 2.45) is 0 Å². The van der Waals surface area contributed by atoms with Gasteiger partial charge in [0.1, 0.15) is 37.1 Å². The molecule has 0 spiro atoms. The van der Waals surface area contributed by atoms with E-state index in [1.165, 1.54) is 6.92 Å². The van der Waals surface area contributed by atoms with Gasteiger partial charge in [-0.05, 0) is 113 Å². The lowest BCUT2D eigenvalue weighted by Crippen LogP contribution is -3.10. The summed E-state index contributed by atoms with van der Waals surface area (Å²) in [6.07, 6.45) is 4.83. The van der Waals surface area contributed by atoms with Crippen LogP contribution in [0, 0.1) is 10.1 Å². The molecule has 3 aliphatic heterocycles. The Kier molecular flexibility index (Phi) is 29.1. The standard InChI is InChI=1S/C61H85BF2N10O18S2/c1-42(87-61(81)88-71-57(77)26-27-58(71)78)48-37-46(41-75)55(40-54(48)72(82)83)86-33-30-68(2)29-28-65-59(79)49(22-12-14-31-73(3,4)5)67-60(80)50(23-13-15-32-74(6,7)8)66-56(76)25-24-47-36-44(20-16-34-93-91-89-84)52-39-53-45(21-17-35-94-92-90-85)38-51(43-18-10-9-11-19-43)70(53)62(63,64)69(47)52/h9-11,18-19,36-42,49-50H,12-17,20-35H2,1-8H3,(H3-2,65,66,67,76,79,80,84,85)/p+1. The van der Waals surface area contributed by atoms with E-state index in [0.717, 1.165) is 69.6 Å². The highest BCUT2D eigenvalue weighted by Crippen LogP contribution is 2.41. The quantitative estimate of drug-likeness (QED) is 0.00604. The molecule has 516 valence electrons. The summed E-state index contributed by atoms with van der Waals surface area (Å²) in [7, 11) is 14.1. The number of aryl methyl sites for hydroxylation is 2. The number of aldehydes is 1. The third-order valence-electron chi connectivity index (χ3n) is 15.9. The molecule has 6 rings (SSSR count). The molecule has 1 saturated heterocycles. The molecule has 4 unspecified atom stereocenters. The molecule has 3 aliphatic rings. The van der Waals surface area contributed by atoms with Crippen LogP contribution in [0.5, 0.6) is 5.75 Å². The lowest BCUT2D eigenvalue weighted by Gasteiger charge is -2.32. The predicted molar refractivity (Wildman–Crippen MR) is 338 cm³/mol. The fraction of sp³-hybridized carbons (Fsp3) is 0.541. The Hall–Kier alpha value is -7.18. The maximum Gasteiger partial charge on any atom is 0.737 e. The summed E-state index contributed by atoms with van der Waals surface area (Å²) in [5.74, 6) is -2.62. The van der Waals surface area contributed by atoms with Crippen LogP contribution in [0.4, 0.5) is 19.1 Å². The van der Waals surface area contributed by atoms with Crippen molar-refractivity contribution in [2.45, 2.75) is 115 Å². The number of nitro groups is 1. The van der Waals surface area contributed by atoms with Gasteiger partial charge in [-0.15, -0.1) is 0 Å². The van der Waals surface area contributed by atoms with E-state index in [-0.39, 0.29) is 90.7 Å². The molecule has 3 aromatic rings. The zero-order valence-corrected chi connectivity index (χ0v) is 56.0. The van der Waals surface area contributed by atoms with E-state index in [0.29, 0.717) is 107 Å². The smallest absolute Gasteiger partial charge is 0.691 e. The Morgan fingerprint density at radius 3 is 2.03 bits per heavy atom. The van der Waals surface area contributed by atoms with E-state index in [9.17, 15) is 54.2 Å². The number of rotatable bonds is 42. The van der Waals surface area contributed by atoms with Crippen LogP contribution in [-0.4, -0.2) is 195 Å². The highest BCUT2D eigenvalue weighted by Gasteiger charge is 2.54. The first-order valence-corrected chi connectivity index (χ1v) is 33.0. The van der Waals surface area contributed by atoms with Crippen molar-refractivity contribution >= 4 is 90.5 Å². The summed E-state index contributed by atoms with van der Waals surface area (Å²) in [5.41, 5.74) is 1.94. The van der Waals surface area contributed by atoms with Gasteiger partial charge in [-0.1, -0.05) is 23.3 Å². The normalized spacial score (nSPS) is 15.7. The number of hydrogen-bond acceptors (Lipinski definition) is 20. The van der Waals surface area contributed by atoms with Crippen LogP contribution in [0.15, 0.2) is 65.9 Å². The Morgan fingerprint density at radius 2 is 1.44 bits per heavy atom. The molecular weight excluding hydrogens is 1270 g/mol. The summed E-state index contributed by atoms with van der Waals surface area (Å²) in [6.45, 7) is -1.05. The number of halogens is 2. The number of amides is 5. The molecule has 4 atom stereocenters. The molecule has 94 heavy (non-hydrogen) atoms. The first kappa shape index (κ1) is 75.8. The highest BCUT2D eigenvalue weighted by atomic mass is 32.2. The molecule has 33 heteroatoms. The van der Waals surface area contributed by atoms with Crippen molar-refractivity contribution in [3.05, 3.63) is 110 Å². The molecule has 5 amide bonds. The monoisotopic (exact) mass is 1360 g/mol. The number of quaternary nitrogens is 3. The van der Waals surface area contributed by atoms with Gasteiger partial charge >= 0.3 is 13.1 Å². The Bertz CT molecular complexity index is 3240. The van der Waals surface area contributed by atoms with E-state index < -0.39 is 71.5 Å². The van der Waals surface area contributed by atoms with Gasteiger partial charge in [-0.25, -0.2) is 4.79 Å². The minimum absolute atomic E-state index is 0.0380. The number of aromatic nitrogens is 1. The average molecular weight is 1360 g/mol. The van der Waals surface area contributed by atoms with Gasteiger partial charge in [0.05, 0.1) is 97.6 Å². The van der Waals surface area contributed by atoms with Gasteiger partial charge in [-0.2, -0.15) is 8.67 Å². The lowest BCUT2D eigenvalue weighted by molar-refractivity contribution is -0.878. The summed E-state index contributed by atoms with van der Waals surface area (Å²) in [5, 5.41) is 49.1. The van der Waals surface area contributed by atoms with Crippen molar-refractivity contribution in [3.63, 3.8) is 0 Å². The molecule has 1 fully saturated rings. The van der Waals surface area contributed by atoms with Crippen LogP contribution in [-0.2, 0) is 65.1 Å². The first-order chi connectivity index (χ1) is 44.7. The second-order valence-electron chi connectivity index (χ2n) is 25.3. The number of allylic oxidation sites excluding steroid dienone is 2. The zero-order valence-electron chi connectivity index (χ0n) is 54.3. The first-order valence-electron chi connectivity index (χ1n) is 31.2. The number of likely N-dealkylation sites (N-methyl/N-ethyl adjacent to an activating group) is 1. The van der Waals surface area contributed by atoms with Gasteiger partial charge in [0.25, 0.3) is 17.5 Å². The number of fused-ring (bicyclic) bond motifs is 2. The van der Waals surface area contributed by atoms with Crippen LogP contribution in [0.3, 0.4) is 0 Å². The molecule has 0 bridgehead atoms. The minimum atomic E-state index is -4.62. The summed E-state index contributed by atoms with van der Waals surface area (Å²) in [6, 6.07) is 10.5. The van der Waals surface area contributed by atoms with Gasteiger partial charge < -0.3 is 67.4 Å². The van der Waals surface area contributed by atoms with E-state index in [4.69, 9.17) is 14.3 Å². The zero-order chi connectivity index (χ0) is 68.8. The van der Waals surface area contributed by atoms with Crippen LogP contribution >= 0.6 is 24.1 Å². The second-order valence-corrected chi connectivity index (χ2v) is 26.8. The molecule has 1 aromatic heterocycles. The SMILES string of the molecule is CC(OC(=O)ON1C(=O)CCC1=O)c1cc(C=O)c(OCC[NH+](C)CCNC(=O)C(CCCC[N+](C)(C)C)NC(=O)C(CCCC[N+](C)(C)C)NC(=O)CCc2cc(CCCSOO[O-])c3n2[B-](F)(F)[N+]2=C(c4ccccc4)C=C(CCCSOO[O-])C2=C3)cc1[N+](=O)[O-]. The predicted octanol–water partition coefficient (Wildman–Crippen LogP) is 3.33. The van der Waals surface area contributed by atoms with Crippen LogP contribution in [0.2, 0.25) is 0 Å². The van der Waals surface area contributed by atoms with Gasteiger partial charge in [0.2, 0.25) is 17.7 Å². The largest absolute Gasteiger partial charge is 0.737 e. The molecule has 0 aliphatic carbocycles. The number of nitrogens with zero attached hydrogens (tertiary/aromatic N) is 6. The third kappa shape index (κ3) is 22.5. The number of imide groups is 1. The molecule has 4 heterocycles. The second kappa shape index (κ2) is 36.1. The van der Waals surface area contributed by atoms with Gasteiger partial charge in [-0.3, -0.25) is 53.8 Å². The number of carbonyl (C=O) groups is 7. The number of nitro benzene ring substituents is 1. The van der Waals surface area contributed by atoms with E-state index in [1.807, 2.05) is 49.3 Å². The van der Waals surface area contributed by atoms with Crippen molar-refractivity contribution in [1.29, 1.82) is 0 Å². The van der Waals surface area contributed by atoms with Crippen molar-refractivity contribution in [1.82, 2.24) is 25.5 Å². The van der Waals surface area contributed by atoms with Crippen molar-refractivity contribution in [3.8, 4) is 5.75 Å². The number of benzene rings is 2. The van der Waals surface area contributed by atoms with Crippen LogP contribution in [0.1, 0.15) is 129 Å². The minimum Gasteiger partial charge on any atom is -0.691 e. The number of ether oxygens (including phenoxy) is 2. The molecule has 4 N–H and O–H groups in total. The molecule has 0 saturated carbocycles. The average Bonchev–Trinajstić information content (AvgIpc) is 1.54. The highest BCUT2D eigenvalue weighted by molar-refractivity contribution is 7.94. The van der Waals surface area contributed by atoms with Crippen LogP contribution < -0.4 is 36.1 Å². The molecular formula is C61H86BF2N10O18S2+. The van der Waals surface area contributed by atoms with Gasteiger partial charge in [0, 0.05) is 83.8 Å². The topological polar surface area (TPSA) is 325 Å². The number of carbonyl (C=O) groups excluding carboxylic acids is 7. The number of unbranched alkanes of at least 4 members (excludes halogenated alkanes) is 2. The van der Waals surface area contributed by atoms with Crippen LogP contribution in [0.25, 0.3) is 6.08 Å². The van der Waals surface area contributed by atoms with E-state index in [1.54, 1.807) is 48.6 Å². The number of hydroxylamine groups is 2. The van der Waals surface area contributed by atoms with Crippen molar-refractivity contribution in [2.75, 3.05) is 100 Å².